The molecule has 0 aliphatic carbocycles. The second kappa shape index (κ2) is 5.09. The average molecular weight is 125 g/mol. The van der Waals surface area contributed by atoms with Gasteiger partial charge in [0.15, 0.2) is 0 Å². The minimum absolute atomic E-state index is 0.639. The van der Waals surface area contributed by atoms with Gasteiger partial charge in [0, 0.05) is 5.57 Å². The van der Waals surface area contributed by atoms with Gasteiger partial charge in [-0.25, -0.2) is 0 Å². The van der Waals surface area contributed by atoms with Crippen molar-refractivity contribution in [1.29, 1.82) is 0 Å². The van der Waals surface area contributed by atoms with Gasteiger partial charge in [0.1, 0.15) is 6.29 Å². The Balaban J connectivity index is 3.97. The van der Waals surface area contributed by atoms with Crippen LogP contribution in [0.5, 0.6) is 0 Å². The van der Waals surface area contributed by atoms with Crippen molar-refractivity contribution in [3.63, 3.8) is 0 Å². The van der Waals surface area contributed by atoms with Crippen LogP contribution >= 0.6 is 0 Å². The van der Waals surface area contributed by atoms with Gasteiger partial charge in [-0.3, -0.25) is 4.79 Å². The maximum Gasteiger partial charge on any atom is 0.149 e. The number of aldehydes is 1. The smallest absolute Gasteiger partial charge is 0.149 e. The molecule has 0 aromatic rings. The quantitative estimate of drug-likeness (QED) is 0.347. The Bertz CT molecular complexity index is 136. The fourth-order valence-electron chi connectivity index (χ4n) is 0.502. The first-order valence-electron chi connectivity index (χ1n) is 2.88. The fourth-order valence-corrected chi connectivity index (χ4v) is 0.502. The lowest BCUT2D eigenvalue weighted by Gasteiger charge is -1.84. The summed E-state index contributed by atoms with van der Waals surface area (Å²) >= 11 is 0. The summed E-state index contributed by atoms with van der Waals surface area (Å²) in [4.78, 5) is 10.1. The number of nitrogens with two attached hydrogens (primary N) is 1. The van der Waals surface area contributed by atoms with E-state index >= 15 is 0 Å². The maximum absolute atomic E-state index is 10.1. The van der Waals surface area contributed by atoms with E-state index in [1.165, 1.54) is 6.20 Å². The average Bonchev–Trinajstić information content (AvgIpc) is 1.88. The van der Waals surface area contributed by atoms with Crippen molar-refractivity contribution in [3.8, 4) is 0 Å². The molecule has 0 aromatic carbocycles. The van der Waals surface area contributed by atoms with Crippen LogP contribution in [0.1, 0.15) is 13.3 Å². The number of allylic oxidation sites excluding steroid dienone is 3. The molecular weight excluding hydrogens is 114 g/mol. The van der Waals surface area contributed by atoms with E-state index in [0.717, 1.165) is 12.7 Å². The van der Waals surface area contributed by atoms with Crippen LogP contribution in [0.25, 0.3) is 0 Å². The molecule has 0 saturated heterocycles. The standard InChI is InChI=1S/C7H11NO/c1-2-3-7(6-9)4-5-8/h3-6H,2,8H2,1H3/b5-4-,7-3+. The van der Waals surface area contributed by atoms with Crippen LogP contribution in [0.15, 0.2) is 23.9 Å². The number of carbonyl (C=O) groups excluding carboxylic acids is 1. The summed E-state index contributed by atoms with van der Waals surface area (Å²) in [6.07, 6.45) is 6.40. The lowest BCUT2D eigenvalue weighted by atomic mass is 10.2. The van der Waals surface area contributed by atoms with Crippen LogP contribution in [0.2, 0.25) is 0 Å². The Hall–Kier alpha value is -1.05. The van der Waals surface area contributed by atoms with Gasteiger partial charge >= 0.3 is 0 Å². The summed E-state index contributed by atoms with van der Waals surface area (Å²) < 4.78 is 0. The minimum atomic E-state index is 0.639. The highest BCUT2D eigenvalue weighted by Gasteiger charge is 1.82. The molecule has 0 radical (unpaired) electrons. The molecule has 0 amide bonds. The summed E-state index contributed by atoms with van der Waals surface area (Å²) in [6, 6.07) is 0. The van der Waals surface area contributed by atoms with Crippen LogP contribution in [-0.2, 0) is 4.79 Å². The van der Waals surface area contributed by atoms with Crippen LogP contribution in [-0.4, -0.2) is 6.29 Å². The molecule has 0 heterocycles. The molecule has 2 heteroatoms. The first-order chi connectivity index (χ1) is 4.35. The van der Waals surface area contributed by atoms with Gasteiger partial charge in [-0.05, 0) is 18.7 Å². The Labute approximate surface area is 55.1 Å². The van der Waals surface area contributed by atoms with Gasteiger partial charge in [0.05, 0.1) is 0 Å². The SMILES string of the molecule is CC/C=C(C=O)\C=C/N. The predicted molar refractivity (Wildman–Crippen MR) is 37.8 cm³/mol. The highest BCUT2D eigenvalue weighted by Crippen LogP contribution is 1.92. The Morgan fingerprint density at radius 2 is 2.33 bits per heavy atom. The van der Waals surface area contributed by atoms with Crippen molar-refractivity contribution < 1.29 is 4.79 Å². The van der Waals surface area contributed by atoms with Gasteiger partial charge in [-0.2, -0.15) is 0 Å². The highest BCUT2D eigenvalue weighted by atomic mass is 16.1. The van der Waals surface area contributed by atoms with E-state index in [9.17, 15) is 4.79 Å². The van der Waals surface area contributed by atoms with E-state index in [1.54, 1.807) is 6.08 Å². The minimum Gasteiger partial charge on any atom is -0.405 e. The van der Waals surface area contributed by atoms with E-state index in [-0.39, 0.29) is 0 Å². The molecule has 0 aromatic heterocycles. The zero-order chi connectivity index (χ0) is 7.11. The third-order valence-electron chi connectivity index (χ3n) is 0.865. The molecule has 9 heavy (non-hydrogen) atoms. The Kier molecular flexibility index (Phi) is 4.50. The molecule has 0 unspecified atom stereocenters. The molecule has 0 spiro atoms. The summed E-state index contributed by atoms with van der Waals surface area (Å²) in [5.41, 5.74) is 5.69. The molecule has 2 nitrogen and oxygen atoms in total. The zero-order valence-corrected chi connectivity index (χ0v) is 5.50. The van der Waals surface area contributed by atoms with Gasteiger partial charge < -0.3 is 5.73 Å². The second-order valence-corrected chi connectivity index (χ2v) is 1.59. The van der Waals surface area contributed by atoms with Gasteiger partial charge in [-0.15, -0.1) is 0 Å². The van der Waals surface area contributed by atoms with Crippen molar-refractivity contribution in [1.82, 2.24) is 0 Å². The van der Waals surface area contributed by atoms with E-state index < -0.39 is 0 Å². The van der Waals surface area contributed by atoms with Crippen LogP contribution < -0.4 is 5.73 Å². The third kappa shape index (κ3) is 3.53. The second-order valence-electron chi connectivity index (χ2n) is 1.59. The Morgan fingerprint density at radius 1 is 1.67 bits per heavy atom. The first-order valence-corrected chi connectivity index (χ1v) is 2.88. The fraction of sp³-hybridized carbons (Fsp3) is 0.286. The van der Waals surface area contributed by atoms with Crippen molar-refractivity contribution >= 4 is 6.29 Å². The molecular formula is C7H11NO. The lowest BCUT2D eigenvalue weighted by molar-refractivity contribution is -0.104. The number of rotatable bonds is 3. The lowest BCUT2D eigenvalue weighted by Crippen LogP contribution is -1.82. The normalized spacial score (nSPS) is 12.3. The van der Waals surface area contributed by atoms with E-state index in [4.69, 9.17) is 5.73 Å². The zero-order valence-electron chi connectivity index (χ0n) is 5.50. The molecule has 0 saturated carbocycles. The molecule has 0 aliphatic rings. The Morgan fingerprint density at radius 3 is 2.67 bits per heavy atom. The van der Waals surface area contributed by atoms with Gasteiger partial charge in [-0.1, -0.05) is 13.0 Å². The largest absolute Gasteiger partial charge is 0.405 e. The molecule has 0 rings (SSSR count). The van der Waals surface area contributed by atoms with E-state index in [1.807, 2.05) is 13.0 Å². The van der Waals surface area contributed by atoms with Crippen molar-refractivity contribution in [2.75, 3.05) is 0 Å². The number of hydrogen-bond donors (Lipinski definition) is 1. The molecule has 2 N–H and O–H groups in total. The number of carbonyl (C=O) groups is 1. The molecule has 50 valence electrons. The van der Waals surface area contributed by atoms with Crippen LogP contribution in [0.4, 0.5) is 0 Å². The third-order valence-corrected chi connectivity index (χ3v) is 0.865. The van der Waals surface area contributed by atoms with E-state index in [2.05, 4.69) is 0 Å². The van der Waals surface area contributed by atoms with E-state index in [0.29, 0.717) is 5.57 Å². The van der Waals surface area contributed by atoms with Crippen molar-refractivity contribution in [2.45, 2.75) is 13.3 Å². The first kappa shape index (κ1) is 7.95. The molecule has 0 bridgehead atoms. The summed E-state index contributed by atoms with van der Waals surface area (Å²) in [5, 5.41) is 0. The van der Waals surface area contributed by atoms with Crippen LogP contribution in [0, 0.1) is 0 Å². The topological polar surface area (TPSA) is 43.1 Å². The highest BCUT2D eigenvalue weighted by molar-refractivity contribution is 5.77. The maximum atomic E-state index is 10.1. The summed E-state index contributed by atoms with van der Waals surface area (Å²) in [5.74, 6) is 0. The molecule has 0 aliphatic heterocycles. The van der Waals surface area contributed by atoms with Gasteiger partial charge in [0.2, 0.25) is 0 Å². The predicted octanol–water partition coefficient (Wildman–Crippen LogP) is 0.994. The van der Waals surface area contributed by atoms with Crippen LogP contribution in [0.3, 0.4) is 0 Å². The molecule has 0 fully saturated rings. The summed E-state index contributed by atoms with van der Waals surface area (Å²) in [6.45, 7) is 1.97. The summed E-state index contributed by atoms with van der Waals surface area (Å²) in [7, 11) is 0. The van der Waals surface area contributed by atoms with Gasteiger partial charge in [0.25, 0.3) is 0 Å². The monoisotopic (exact) mass is 125 g/mol. The molecule has 0 atom stereocenters. The van der Waals surface area contributed by atoms with Crippen molar-refractivity contribution in [2.24, 2.45) is 5.73 Å². The number of hydrogen-bond acceptors (Lipinski definition) is 2. The van der Waals surface area contributed by atoms with Crippen molar-refractivity contribution in [3.05, 3.63) is 23.9 Å².